The highest BCUT2D eigenvalue weighted by molar-refractivity contribution is 7.89. The highest BCUT2D eigenvalue weighted by Gasteiger charge is 2.26. The van der Waals surface area contributed by atoms with Gasteiger partial charge in [0.15, 0.2) is 6.61 Å². The Morgan fingerprint density at radius 1 is 1.18 bits per heavy atom. The number of thiophene rings is 1. The molecule has 9 heteroatoms. The van der Waals surface area contributed by atoms with Crippen molar-refractivity contribution in [1.29, 1.82) is 0 Å². The highest BCUT2D eigenvalue weighted by Crippen LogP contribution is 2.33. The molecule has 1 fully saturated rings. The molecule has 2 heterocycles. The van der Waals surface area contributed by atoms with Crippen LogP contribution in [0.4, 0.5) is 5.69 Å². The lowest BCUT2D eigenvalue weighted by molar-refractivity contribution is -0.119. The van der Waals surface area contributed by atoms with E-state index in [0.29, 0.717) is 30.3 Å². The van der Waals surface area contributed by atoms with E-state index >= 15 is 0 Å². The van der Waals surface area contributed by atoms with E-state index in [1.165, 1.54) is 21.3 Å². The third kappa shape index (κ3) is 5.65. The molecule has 178 valence electrons. The van der Waals surface area contributed by atoms with Crippen LogP contribution in [0.5, 0.6) is 0 Å². The Labute approximate surface area is 199 Å². The van der Waals surface area contributed by atoms with E-state index in [1.54, 1.807) is 23.5 Å². The summed E-state index contributed by atoms with van der Waals surface area (Å²) in [7, 11) is -3.61. The molecule has 1 aromatic heterocycles. The third-order valence-corrected chi connectivity index (χ3v) is 9.22. The van der Waals surface area contributed by atoms with Gasteiger partial charge in [0.1, 0.15) is 0 Å². The number of fused-ring (bicyclic) bond motifs is 1. The number of nitrogens with zero attached hydrogens (tertiary/aromatic N) is 1. The van der Waals surface area contributed by atoms with Crippen LogP contribution < -0.4 is 5.32 Å². The fourth-order valence-corrected chi connectivity index (χ4v) is 7.22. The number of carbonyl (C=O) groups excluding carboxylic acids is 2. The van der Waals surface area contributed by atoms with E-state index in [4.69, 9.17) is 4.74 Å². The standard InChI is InChI=1S/C24H30N2O5S2/c1-17-9-10-20-21(16-32-22(20)13-17)24(28)31-15-23(27)25-18-7-6-8-19(14-18)33(29,30)26-11-4-2-3-5-12-26/h6-8,14,16-17H,2-5,9-13,15H2,1H3,(H,25,27)/t17-/m1/s1. The molecule has 0 spiro atoms. The second-order valence-electron chi connectivity index (χ2n) is 8.87. The number of hydrogen-bond donors (Lipinski definition) is 1. The fourth-order valence-electron chi connectivity index (χ4n) is 4.42. The molecule has 2 aromatic rings. The van der Waals surface area contributed by atoms with Crippen LogP contribution >= 0.6 is 11.3 Å². The number of nitrogens with one attached hydrogen (secondary N) is 1. The lowest BCUT2D eigenvalue weighted by Gasteiger charge is -2.20. The predicted molar refractivity (Wildman–Crippen MR) is 128 cm³/mol. The van der Waals surface area contributed by atoms with E-state index in [9.17, 15) is 18.0 Å². The minimum absolute atomic E-state index is 0.151. The summed E-state index contributed by atoms with van der Waals surface area (Å²) in [5.74, 6) is -0.384. The molecule has 1 N–H and O–H groups in total. The molecule has 1 atom stereocenters. The number of hydrogen-bond acceptors (Lipinski definition) is 6. The molecule has 0 saturated carbocycles. The summed E-state index contributed by atoms with van der Waals surface area (Å²) in [6.07, 6.45) is 6.66. The number of carbonyl (C=O) groups is 2. The van der Waals surface area contributed by atoms with Crippen molar-refractivity contribution in [3.8, 4) is 0 Å². The molecule has 1 aliphatic heterocycles. The second-order valence-corrected chi connectivity index (χ2v) is 11.8. The predicted octanol–water partition coefficient (Wildman–Crippen LogP) is 4.23. The van der Waals surface area contributed by atoms with Crippen LogP contribution in [0.3, 0.4) is 0 Å². The van der Waals surface area contributed by atoms with Crippen LogP contribution in [-0.2, 0) is 32.4 Å². The van der Waals surface area contributed by atoms with Crippen LogP contribution in [0, 0.1) is 5.92 Å². The van der Waals surface area contributed by atoms with Gasteiger partial charge in [0.2, 0.25) is 10.0 Å². The normalized spacial score (nSPS) is 19.4. The van der Waals surface area contributed by atoms with Gasteiger partial charge in [0.25, 0.3) is 5.91 Å². The number of ether oxygens (including phenoxy) is 1. The number of anilines is 1. The van der Waals surface area contributed by atoms with Crippen molar-refractivity contribution in [3.05, 3.63) is 45.6 Å². The van der Waals surface area contributed by atoms with Crippen LogP contribution in [-0.4, -0.2) is 44.3 Å². The number of benzene rings is 1. The zero-order valence-electron chi connectivity index (χ0n) is 18.8. The van der Waals surface area contributed by atoms with Crippen molar-refractivity contribution in [1.82, 2.24) is 4.31 Å². The molecule has 1 amide bonds. The van der Waals surface area contributed by atoms with Gasteiger partial charge >= 0.3 is 5.97 Å². The first-order valence-electron chi connectivity index (χ1n) is 11.5. The maximum Gasteiger partial charge on any atom is 0.339 e. The Bertz CT molecular complexity index is 1120. The van der Waals surface area contributed by atoms with Crippen molar-refractivity contribution in [2.45, 2.75) is 56.8 Å². The summed E-state index contributed by atoms with van der Waals surface area (Å²) >= 11 is 1.58. The minimum Gasteiger partial charge on any atom is -0.452 e. The molecular formula is C24H30N2O5S2. The maximum atomic E-state index is 13.0. The second kappa shape index (κ2) is 10.4. The average molecular weight is 491 g/mol. The van der Waals surface area contributed by atoms with E-state index in [1.807, 2.05) is 5.38 Å². The summed E-state index contributed by atoms with van der Waals surface area (Å²) in [5, 5.41) is 4.46. The smallest absolute Gasteiger partial charge is 0.339 e. The number of amides is 1. The lowest BCUT2D eigenvalue weighted by atomic mass is 9.88. The largest absolute Gasteiger partial charge is 0.452 e. The third-order valence-electron chi connectivity index (χ3n) is 6.28. The van der Waals surface area contributed by atoms with Crippen LogP contribution in [0.25, 0.3) is 0 Å². The van der Waals surface area contributed by atoms with E-state index < -0.39 is 28.5 Å². The van der Waals surface area contributed by atoms with Crippen molar-refractivity contribution < 1.29 is 22.7 Å². The zero-order chi connectivity index (χ0) is 23.4. The van der Waals surface area contributed by atoms with Gasteiger partial charge in [0.05, 0.1) is 10.5 Å². The highest BCUT2D eigenvalue weighted by atomic mass is 32.2. The summed E-state index contributed by atoms with van der Waals surface area (Å²) in [6.45, 7) is 2.81. The van der Waals surface area contributed by atoms with Crippen molar-refractivity contribution in [2.24, 2.45) is 5.92 Å². The molecular weight excluding hydrogens is 460 g/mol. The fraction of sp³-hybridized carbons (Fsp3) is 0.500. The Morgan fingerprint density at radius 2 is 1.94 bits per heavy atom. The molecule has 4 rings (SSSR count). The van der Waals surface area contributed by atoms with Crippen LogP contribution in [0.15, 0.2) is 34.5 Å². The van der Waals surface area contributed by atoms with Gasteiger partial charge < -0.3 is 10.1 Å². The molecule has 0 unspecified atom stereocenters. The molecule has 0 radical (unpaired) electrons. The Balaban J connectivity index is 1.36. The maximum absolute atomic E-state index is 13.0. The van der Waals surface area contributed by atoms with Crippen LogP contribution in [0.2, 0.25) is 0 Å². The van der Waals surface area contributed by atoms with E-state index in [-0.39, 0.29) is 4.90 Å². The van der Waals surface area contributed by atoms with Gasteiger partial charge in [0, 0.05) is 29.0 Å². The van der Waals surface area contributed by atoms with Gasteiger partial charge in [-0.25, -0.2) is 13.2 Å². The first kappa shape index (κ1) is 23.9. The van der Waals surface area contributed by atoms with Gasteiger partial charge in [-0.15, -0.1) is 11.3 Å². The summed E-state index contributed by atoms with van der Waals surface area (Å²) < 4.78 is 32.8. The number of sulfonamides is 1. The molecule has 2 aliphatic rings. The average Bonchev–Trinajstić information content (AvgIpc) is 3.01. The summed E-state index contributed by atoms with van der Waals surface area (Å²) in [6, 6.07) is 6.22. The van der Waals surface area contributed by atoms with Gasteiger partial charge in [-0.3, -0.25) is 4.79 Å². The SMILES string of the molecule is C[C@@H]1CCc2c(C(=O)OCC(=O)Nc3cccc(S(=O)(=O)N4CCCCCC4)c3)csc2C1. The zero-order valence-corrected chi connectivity index (χ0v) is 20.5. The Kier molecular flexibility index (Phi) is 7.51. The minimum atomic E-state index is -3.61. The molecule has 1 aromatic carbocycles. The lowest BCUT2D eigenvalue weighted by Crippen LogP contribution is -2.32. The van der Waals surface area contributed by atoms with Crippen LogP contribution in [0.1, 0.15) is 59.8 Å². The molecule has 33 heavy (non-hydrogen) atoms. The van der Waals surface area contributed by atoms with Crippen molar-refractivity contribution in [2.75, 3.05) is 25.0 Å². The van der Waals surface area contributed by atoms with Gasteiger partial charge in [-0.2, -0.15) is 4.31 Å². The molecule has 7 nitrogen and oxygen atoms in total. The molecule has 1 aliphatic carbocycles. The summed E-state index contributed by atoms with van der Waals surface area (Å²) in [5.41, 5.74) is 1.96. The number of esters is 1. The topological polar surface area (TPSA) is 92.8 Å². The van der Waals surface area contributed by atoms with Gasteiger partial charge in [-0.1, -0.05) is 25.8 Å². The van der Waals surface area contributed by atoms with E-state index in [0.717, 1.165) is 50.5 Å². The van der Waals surface area contributed by atoms with E-state index in [2.05, 4.69) is 12.2 Å². The van der Waals surface area contributed by atoms with Gasteiger partial charge in [-0.05, 0) is 61.8 Å². The molecule has 1 saturated heterocycles. The molecule has 0 bridgehead atoms. The Hall–Kier alpha value is -2.23. The van der Waals surface area contributed by atoms with Crippen molar-refractivity contribution >= 4 is 38.9 Å². The first-order valence-corrected chi connectivity index (χ1v) is 13.8. The first-order chi connectivity index (χ1) is 15.8. The Morgan fingerprint density at radius 3 is 2.70 bits per heavy atom. The van der Waals surface area contributed by atoms with Crippen molar-refractivity contribution in [3.63, 3.8) is 0 Å². The monoisotopic (exact) mass is 490 g/mol. The number of rotatable bonds is 6. The summed E-state index contributed by atoms with van der Waals surface area (Å²) in [4.78, 5) is 26.3. The quantitative estimate of drug-likeness (QED) is 0.612.